The zero-order valence-corrected chi connectivity index (χ0v) is 18.3. The van der Waals surface area contributed by atoms with Crippen molar-refractivity contribution < 1.29 is 4.79 Å². The van der Waals surface area contributed by atoms with Gasteiger partial charge in [-0.25, -0.2) is 9.78 Å². The minimum absolute atomic E-state index is 0.0842. The topological polar surface area (TPSA) is 104 Å². The fourth-order valence-corrected chi connectivity index (χ4v) is 4.32. The number of nitrogens with zero attached hydrogens (tertiary/aromatic N) is 3. The first-order valence-corrected chi connectivity index (χ1v) is 10.9. The predicted octanol–water partition coefficient (Wildman–Crippen LogP) is 2.76. The van der Waals surface area contributed by atoms with Gasteiger partial charge < -0.3 is 9.88 Å². The first kappa shape index (κ1) is 21.1. The summed E-state index contributed by atoms with van der Waals surface area (Å²) in [6, 6.07) is 8.72. The van der Waals surface area contributed by atoms with E-state index in [4.69, 9.17) is 0 Å². The molecule has 0 spiro atoms. The van der Waals surface area contributed by atoms with Crippen LogP contribution in [-0.2, 0) is 18.3 Å². The van der Waals surface area contributed by atoms with Crippen molar-refractivity contribution >= 4 is 17.1 Å². The van der Waals surface area contributed by atoms with Crippen LogP contribution in [0.5, 0.6) is 0 Å². The summed E-state index contributed by atoms with van der Waals surface area (Å²) in [7, 11) is 1.55. The van der Waals surface area contributed by atoms with Crippen molar-refractivity contribution in [2.24, 2.45) is 7.05 Å². The average Bonchev–Trinajstić information content (AvgIpc) is 3.21. The zero-order chi connectivity index (χ0) is 22.1. The van der Waals surface area contributed by atoms with Gasteiger partial charge in [0, 0.05) is 26.4 Å². The SMILES string of the molecule is CC(C)c1ccc(C2CCCCN2C(=O)CCc2nc3c([nH]2)c(=O)[nH]c(=O)n3C)cc1. The highest BCUT2D eigenvalue weighted by Crippen LogP contribution is 2.32. The minimum Gasteiger partial charge on any atom is -0.336 e. The number of nitrogens with one attached hydrogen (secondary N) is 2. The van der Waals surface area contributed by atoms with E-state index in [-0.39, 0.29) is 17.5 Å². The lowest BCUT2D eigenvalue weighted by atomic mass is 9.92. The number of hydrogen-bond donors (Lipinski definition) is 2. The maximum Gasteiger partial charge on any atom is 0.329 e. The fourth-order valence-electron chi connectivity index (χ4n) is 4.32. The van der Waals surface area contributed by atoms with Crippen LogP contribution in [-0.4, -0.2) is 36.9 Å². The Morgan fingerprint density at radius 1 is 1.16 bits per heavy atom. The number of aryl methyl sites for hydroxylation is 2. The van der Waals surface area contributed by atoms with Crippen LogP contribution in [0.4, 0.5) is 0 Å². The molecule has 1 saturated heterocycles. The summed E-state index contributed by atoms with van der Waals surface area (Å²) in [5, 5.41) is 0. The van der Waals surface area contributed by atoms with Crippen molar-refractivity contribution in [1.29, 1.82) is 0 Å². The highest BCUT2D eigenvalue weighted by atomic mass is 16.2. The maximum absolute atomic E-state index is 13.1. The monoisotopic (exact) mass is 423 g/mol. The molecule has 2 aromatic heterocycles. The maximum atomic E-state index is 13.1. The highest BCUT2D eigenvalue weighted by Gasteiger charge is 2.28. The molecule has 8 heteroatoms. The molecule has 0 radical (unpaired) electrons. The molecule has 1 amide bonds. The van der Waals surface area contributed by atoms with Crippen LogP contribution in [0.25, 0.3) is 11.2 Å². The molecule has 0 aliphatic carbocycles. The van der Waals surface area contributed by atoms with Gasteiger partial charge in [-0.15, -0.1) is 0 Å². The minimum atomic E-state index is -0.508. The number of fused-ring (bicyclic) bond motifs is 1. The second-order valence-corrected chi connectivity index (χ2v) is 8.62. The van der Waals surface area contributed by atoms with E-state index < -0.39 is 11.2 Å². The van der Waals surface area contributed by atoms with Gasteiger partial charge in [-0.05, 0) is 36.3 Å². The third kappa shape index (κ3) is 4.19. The molecule has 1 aromatic carbocycles. The first-order valence-electron chi connectivity index (χ1n) is 10.9. The van der Waals surface area contributed by atoms with E-state index in [2.05, 4.69) is 53.1 Å². The molecule has 1 unspecified atom stereocenters. The summed E-state index contributed by atoms with van der Waals surface area (Å²) in [5.41, 5.74) is 2.03. The molecule has 4 rings (SSSR count). The standard InChI is InChI=1S/C23H29N5O3/c1-14(2)15-7-9-16(10-8-15)17-6-4-5-13-28(17)19(29)12-11-18-24-20-21(25-18)27(3)23(31)26-22(20)30/h7-10,14,17H,4-6,11-13H2,1-3H3,(H,24,25)(H,26,30,31). The van der Waals surface area contributed by atoms with Crippen LogP contribution in [0.15, 0.2) is 33.9 Å². The first-order chi connectivity index (χ1) is 14.8. The zero-order valence-electron chi connectivity index (χ0n) is 18.3. The van der Waals surface area contributed by atoms with E-state index in [0.717, 1.165) is 25.8 Å². The van der Waals surface area contributed by atoms with Gasteiger partial charge in [0.05, 0.1) is 6.04 Å². The van der Waals surface area contributed by atoms with Gasteiger partial charge in [-0.3, -0.25) is 19.1 Å². The van der Waals surface area contributed by atoms with Crippen LogP contribution in [0.2, 0.25) is 0 Å². The number of likely N-dealkylation sites (tertiary alicyclic amines) is 1. The van der Waals surface area contributed by atoms with Crippen LogP contribution in [0, 0.1) is 0 Å². The van der Waals surface area contributed by atoms with Crippen molar-refractivity contribution in [3.63, 3.8) is 0 Å². The van der Waals surface area contributed by atoms with Crippen molar-refractivity contribution in [3.8, 4) is 0 Å². The molecule has 3 aromatic rings. The van der Waals surface area contributed by atoms with E-state index in [1.807, 2.05) is 4.90 Å². The molecular formula is C23H29N5O3. The van der Waals surface area contributed by atoms with Gasteiger partial charge in [0.2, 0.25) is 5.91 Å². The number of aromatic nitrogens is 4. The van der Waals surface area contributed by atoms with Crippen molar-refractivity contribution in [1.82, 2.24) is 24.4 Å². The molecule has 1 atom stereocenters. The number of aromatic amines is 2. The molecule has 164 valence electrons. The Labute approximate surface area is 180 Å². The largest absolute Gasteiger partial charge is 0.336 e. The molecule has 2 N–H and O–H groups in total. The number of benzene rings is 1. The summed E-state index contributed by atoms with van der Waals surface area (Å²) in [4.78, 5) is 48.4. The lowest BCUT2D eigenvalue weighted by Gasteiger charge is -2.36. The van der Waals surface area contributed by atoms with Gasteiger partial charge in [0.15, 0.2) is 5.65 Å². The Hall–Kier alpha value is -3.16. The fraction of sp³-hybridized carbons (Fsp3) is 0.478. The summed E-state index contributed by atoms with van der Waals surface area (Å²) in [5.74, 6) is 1.10. The van der Waals surface area contributed by atoms with E-state index in [1.165, 1.54) is 15.7 Å². The van der Waals surface area contributed by atoms with Crippen molar-refractivity contribution in [3.05, 3.63) is 62.1 Å². The number of piperidine rings is 1. The number of imidazole rings is 1. The van der Waals surface area contributed by atoms with Gasteiger partial charge in [-0.2, -0.15) is 0 Å². The molecule has 0 bridgehead atoms. The van der Waals surface area contributed by atoms with Gasteiger partial charge in [0.1, 0.15) is 11.3 Å². The molecule has 8 nitrogen and oxygen atoms in total. The molecular weight excluding hydrogens is 394 g/mol. The number of carbonyl (C=O) groups is 1. The third-order valence-electron chi connectivity index (χ3n) is 6.19. The number of rotatable bonds is 5. The predicted molar refractivity (Wildman–Crippen MR) is 119 cm³/mol. The Morgan fingerprint density at radius 3 is 2.61 bits per heavy atom. The molecule has 1 aliphatic rings. The summed E-state index contributed by atoms with van der Waals surface area (Å²) in [6.45, 7) is 5.11. The second kappa shape index (κ2) is 8.53. The quantitative estimate of drug-likeness (QED) is 0.658. The lowest BCUT2D eigenvalue weighted by Crippen LogP contribution is -2.38. The smallest absolute Gasteiger partial charge is 0.329 e. The van der Waals surface area contributed by atoms with E-state index in [0.29, 0.717) is 30.2 Å². The molecule has 1 aliphatic heterocycles. The normalized spacial score (nSPS) is 16.9. The number of amides is 1. The van der Waals surface area contributed by atoms with Crippen molar-refractivity contribution in [2.75, 3.05) is 6.54 Å². The number of carbonyl (C=O) groups excluding carboxylic acids is 1. The van der Waals surface area contributed by atoms with E-state index in [9.17, 15) is 14.4 Å². The van der Waals surface area contributed by atoms with Gasteiger partial charge in [0.25, 0.3) is 5.56 Å². The highest BCUT2D eigenvalue weighted by molar-refractivity contribution is 5.77. The Bertz CT molecular complexity index is 1200. The summed E-state index contributed by atoms with van der Waals surface area (Å²) < 4.78 is 1.29. The number of hydrogen-bond acceptors (Lipinski definition) is 4. The van der Waals surface area contributed by atoms with E-state index in [1.54, 1.807) is 7.05 Å². The molecule has 31 heavy (non-hydrogen) atoms. The Balaban J connectivity index is 1.50. The third-order valence-corrected chi connectivity index (χ3v) is 6.19. The van der Waals surface area contributed by atoms with Crippen LogP contribution >= 0.6 is 0 Å². The second-order valence-electron chi connectivity index (χ2n) is 8.62. The van der Waals surface area contributed by atoms with Crippen LogP contribution in [0.1, 0.15) is 68.4 Å². The van der Waals surface area contributed by atoms with Crippen LogP contribution < -0.4 is 11.2 Å². The van der Waals surface area contributed by atoms with Crippen molar-refractivity contribution in [2.45, 2.75) is 57.9 Å². The molecule has 3 heterocycles. The number of H-pyrrole nitrogens is 2. The Morgan fingerprint density at radius 2 is 1.90 bits per heavy atom. The summed E-state index contributed by atoms with van der Waals surface area (Å²) in [6.07, 6.45) is 3.77. The lowest BCUT2D eigenvalue weighted by molar-refractivity contribution is -0.135. The molecule has 1 fully saturated rings. The molecule has 0 saturated carbocycles. The van der Waals surface area contributed by atoms with Crippen LogP contribution in [0.3, 0.4) is 0 Å². The van der Waals surface area contributed by atoms with Gasteiger partial charge in [-0.1, -0.05) is 38.1 Å². The Kier molecular flexibility index (Phi) is 5.80. The average molecular weight is 424 g/mol. The van der Waals surface area contributed by atoms with Gasteiger partial charge >= 0.3 is 5.69 Å². The van der Waals surface area contributed by atoms with E-state index >= 15 is 0 Å². The summed E-state index contributed by atoms with van der Waals surface area (Å²) >= 11 is 0.